The number of aromatic nitrogens is 1. The van der Waals surface area contributed by atoms with Crippen LogP contribution in [0.1, 0.15) is 53.2 Å². The van der Waals surface area contributed by atoms with Gasteiger partial charge < -0.3 is 16.0 Å². The highest BCUT2D eigenvalue weighted by Gasteiger charge is 2.18. The van der Waals surface area contributed by atoms with Gasteiger partial charge in [0.2, 0.25) is 5.91 Å². The Hall–Kier alpha value is -2.94. The molecule has 1 aromatic carbocycles. The second-order valence-corrected chi connectivity index (χ2v) is 7.78. The Kier molecular flexibility index (Phi) is 7.72. The van der Waals surface area contributed by atoms with Gasteiger partial charge in [-0.1, -0.05) is 30.7 Å². The Morgan fingerprint density at radius 1 is 1.00 bits per heavy atom. The van der Waals surface area contributed by atoms with Crippen molar-refractivity contribution in [3.05, 3.63) is 33.8 Å². The number of anilines is 3. The van der Waals surface area contributed by atoms with E-state index in [1.807, 2.05) is 26.8 Å². The van der Waals surface area contributed by atoms with Crippen molar-refractivity contribution in [1.29, 1.82) is 0 Å². The molecule has 0 spiro atoms. The van der Waals surface area contributed by atoms with Crippen LogP contribution in [-0.4, -0.2) is 29.4 Å². The van der Waals surface area contributed by atoms with Crippen molar-refractivity contribution in [3.63, 3.8) is 0 Å². The predicted molar refractivity (Wildman–Crippen MR) is 117 cm³/mol. The van der Waals surface area contributed by atoms with E-state index >= 15 is 0 Å². The van der Waals surface area contributed by atoms with Crippen molar-refractivity contribution in [1.82, 2.24) is 10.3 Å². The molecule has 0 saturated carbocycles. The standard InChI is InChI=1S/C20H27N5O3S/c1-6-7-8-21-19(28)25-20-22-13(4)17(29-20)18(27)24-16-10-15(23-14(5)26)11(2)9-12(16)3/h9-10H,6-8H2,1-5H3,(H,23,26)(H,24,27)(H2,21,22,25,28). The second-order valence-electron chi connectivity index (χ2n) is 6.79. The summed E-state index contributed by atoms with van der Waals surface area (Å²) < 4.78 is 0. The lowest BCUT2D eigenvalue weighted by molar-refractivity contribution is -0.114. The van der Waals surface area contributed by atoms with E-state index in [0.29, 0.717) is 33.6 Å². The van der Waals surface area contributed by atoms with Gasteiger partial charge in [0.15, 0.2) is 5.13 Å². The number of nitrogens with one attached hydrogen (secondary N) is 4. The van der Waals surface area contributed by atoms with Crippen LogP contribution in [0.4, 0.5) is 21.3 Å². The molecule has 9 heteroatoms. The number of nitrogens with zero attached hydrogens (tertiary/aromatic N) is 1. The first-order chi connectivity index (χ1) is 13.7. The van der Waals surface area contributed by atoms with Crippen molar-refractivity contribution in [2.24, 2.45) is 0 Å². The average molecular weight is 418 g/mol. The SMILES string of the molecule is CCCCNC(=O)Nc1nc(C)c(C(=O)Nc2cc(NC(C)=O)c(C)cc2C)s1. The predicted octanol–water partition coefficient (Wildman–Crippen LogP) is 4.20. The fraction of sp³-hybridized carbons (Fsp3) is 0.400. The van der Waals surface area contributed by atoms with Gasteiger partial charge in [-0.3, -0.25) is 14.9 Å². The molecule has 0 atom stereocenters. The van der Waals surface area contributed by atoms with E-state index in [9.17, 15) is 14.4 Å². The summed E-state index contributed by atoms with van der Waals surface area (Å²) >= 11 is 1.11. The van der Waals surface area contributed by atoms with Crippen molar-refractivity contribution >= 4 is 45.7 Å². The molecule has 0 aliphatic heterocycles. The number of amides is 4. The number of hydrogen-bond donors (Lipinski definition) is 4. The summed E-state index contributed by atoms with van der Waals surface area (Å²) in [5.41, 5.74) is 3.56. The molecule has 0 bridgehead atoms. The van der Waals surface area contributed by atoms with Crippen LogP contribution in [0.5, 0.6) is 0 Å². The molecule has 29 heavy (non-hydrogen) atoms. The third-order valence-corrected chi connectivity index (χ3v) is 5.24. The molecule has 2 aromatic rings. The zero-order chi connectivity index (χ0) is 21.6. The Morgan fingerprint density at radius 2 is 1.66 bits per heavy atom. The van der Waals surface area contributed by atoms with E-state index in [0.717, 1.165) is 35.3 Å². The monoisotopic (exact) mass is 417 g/mol. The molecule has 0 fully saturated rings. The largest absolute Gasteiger partial charge is 0.338 e. The summed E-state index contributed by atoms with van der Waals surface area (Å²) in [5.74, 6) is -0.499. The smallest absolute Gasteiger partial charge is 0.321 e. The Bertz CT molecular complexity index is 923. The molecule has 1 aromatic heterocycles. The Morgan fingerprint density at radius 3 is 2.28 bits per heavy atom. The van der Waals surface area contributed by atoms with E-state index in [-0.39, 0.29) is 17.8 Å². The van der Waals surface area contributed by atoms with Gasteiger partial charge in [0, 0.05) is 24.8 Å². The fourth-order valence-electron chi connectivity index (χ4n) is 2.67. The van der Waals surface area contributed by atoms with Gasteiger partial charge in [-0.15, -0.1) is 0 Å². The van der Waals surface area contributed by atoms with Crippen LogP contribution in [-0.2, 0) is 4.79 Å². The lowest BCUT2D eigenvalue weighted by atomic mass is 10.1. The number of carbonyl (C=O) groups is 3. The van der Waals surface area contributed by atoms with Gasteiger partial charge in [0.25, 0.3) is 5.91 Å². The minimum atomic E-state index is -0.339. The van der Waals surface area contributed by atoms with E-state index in [2.05, 4.69) is 26.3 Å². The maximum atomic E-state index is 12.8. The minimum absolute atomic E-state index is 0.180. The molecule has 1 heterocycles. The first-order valence-electron chi connectivity index (χ1n) is 9.43. The first-order valence-corrected chi connectivity index (χ1v) is 10.2. The molecule has 4 N–H and O–H groups in total. The number of unbranched alkanes of at least 4 members (excludes halogenated alkanes) is 1. The van der Waals surface area contributed by atoms with Crippen LogP contribution in [0, 0.1) is 20.8 Å². The average Bonchev–Trinajstić information content (AvgIpc) is 2.99. The molecule has 0 aliphatic carbocycles. The lowest BCUT2D eigenvalue weighted by Crippen LogP contribution is -2.29. The summed E-state index contributed by atoms with van der Waals surface area (Å²) in [5, 5.41) is 11.4. The van der Waals surface area contributed by atoms with Gasteiger partial charge in [0.05, 0.1) is 5.69 Å². The van der Waals surface area contributed by atoms with Crippen LogP contribution in [0.25, 0.3) is 0 Å². The van der Waals surface area contributed by atoms with Crippen molar-refractivity contribution in [2.75, 3.05) is 22.5 Å². The third-order valence-electron chi connectivity index (χ3n) is 4.17. The van der Waals surface area contributed by atoms with Crippen LogP contribution in [0.2, 0.25) is 0 Å². The third kappa shape index (κ3) is 6.28. The normalized spacial score (nSPS) is 10.4. The molecule has 8 nitrogen and oxygen atoms in total. The van der Waals surface area contributed by atoms with Gasteiger partial charge in [-0.05, 0) is 44.4 Å². The highest BCUT2D eigenvalue weighted by atomic mass is 32.1. The number of thiazole rings is 1. The van der Waals surface area contributed by atoms with Gasteiger partial charge in [-0.2, -0.15) is 0 Å². The quantitative estimate of drug-likeness (QED) is 0.506. The van der Waals surface area contributed by atoms with E-state index in [1.165, 1.54) is 6.92 Å². The zero-order valence-corrected chi connectivity index (χ0v) is 18.2. The van der Waals surface area contributed by atoms with E-state index < -0.39 is 0 Å². The van der Waals surface area contributed by atoms with Crippen LogP contribution >= 0.6 is 11.3 Å². The molecule has 0 saturated heterocycles. The molecule has 2 rings (SSSR count). The van der Waals surface area contributed by atoms with E-state index in [4.69, 9.17) is 0 Å². The maximum Gasteiger partial charge on any atom is 0.321 e. The topological polar surface area (TPSA) is 112 Å². The molecule has 0 aliphatic rings. The number of carbonyl (C=O) groups excluding carboxylic acids is 3. The highest BCUT2D eigenvalue weighted by molar-refractivity contribution is 7.17. The summed E-state index contributed by atoms with van der Waals surface area (Å²) in [6.07, 6.45) is 1.89. The van der Waals surface area contributed by atoms with Gasteiger partial charge >= 0.3 is 6.03 Å². The summed E-state index contributed by atoms with van der Waals surface area (Å²) in [4.78, 5) is 40.7. The van der Waals surface area contributed by atoms with Gasteiger partial charge in [0.1, 0.15) is 4.88 Å². The maximum absolute atomic E-state index is 12.8. The Balaban J connectivity index is 2.12. The van der Waals surface area contributed by atoms with Crippen molar-refractivity contribution in [3.8, 4) is 0 Å². The number of rotatable bonds is 7. The highest BCUT2D eigenvalue weighted by Crippen LogP contribution is 2.27. The summed E-state index contributed by atoms with van der Waals surface area (Å²) in [7, 11) is 0. The fourth-order valence-corrected chi connectivity index (χ4v) is 3.53. The molecule has 0 unspecified atom stereocenters. The number of benzene rings is 1. The number of hydrogen-bond acceptors (Lipinski definition) is 5. The lowest BCUT2D eigenvalue weighted by Gasteiger charge is -2.13. The minimum Gasteiger partial charge on any atom is -0.338 e. The van der Waals surface area contributed by atoms with Crippen molar-refractivity contribution in [2.45, 2.75) is 47.5 Å². The van der Waals surface area contributed by atoms with Gasteiger partial charge in [-0.25, -0.2) is 9.78 Å². The Labute approximate surface area is 174 Å². The summed E-state index contributed by atoms with van der Waals surface area (Å²) in [6.45, 7) is 9.56. The number of urea groups is 1. The van der Waals surface area contributed by atoms with Crippen molar-refractivity contribution < 1.29 is 14.4 Å². The molecule has 156 valence electrons. The summed E-state index contributed by atoms with van der Waals surface area (Å²) in [6, 6.07) is 3.29. The molecular weight excluding hydrogens is 390 g/mol. The molecular formula is C20H27N5O3S. The number of aryl methyl sites for hydroxylation is 3. The van der Waals surface area contributed by atoms with Crippen LogP contribution in [0.3, 0.4) is 0 Å². The van der Waals surface area contributed by atoms with Crippen LogP contribution < -0.4 is 21.3 Å². The van der Waals surface area contributed by atoms with Crippen LogP contribution in [0.15, 0.2) is 12.1 Å². The second kappa shape index (κ2) is 10.0. The first kappa shape index (κ1) is 22.4. The zero-order valence-electron chi connectivity index (χ0n) is 17.4. The van der Waals surface area contributed by atoms with E-state index in [1.54, 1.807) is 13.0 Å². The molecule has 0 radical (unpaired) electrons. The molecule has 4 amide bonds.